The highest BCUT2D eigenvalue weighted by Crippen LogP contribution is 2.15. The van der Waals surface area contributed by atoms with Crippen LogP contribution < -0.4 is 11.5 Å². The molecule has 4 N–H and O–H groups in total. The lowest BCUT2D eigenvalue weighted by Crippen LogP contribution is -2.49. The van der Waals surface area contributed by atoms with Gasteiger partial charge in [0.2, 0.25) is 5.91 Å². The lowest BCUT2D eigenvalue weighted by atomic mass is 9.96. The molecule has 0 saturated carbocycles. The van der Waals surface area contributed by atoms with E-state index in [2.05, 4.69) is 13.8 Å². The summed E-state index contributed by atoms with van der Waals surface area (Å²) in [7, 11) is 0. The summed E-state index contributed by atoms with van der Waals surface area (Å²) in [5, 5.41) is 0. The van der Waals surface area contributed by atoms with E-state index in [9.17, 15) is 4.79 Å². The Balaban J connectivity index is 3.44. The molecule has 0 aliphatic heterocycles. The molecule has 0 saturated heterocycles. The van der Waals surface area contributed by atoms with Crippen molar-refractivity contribution >= 4 is 17.7 Å². The minimum absolute atomic E-state index is 0.403. The third-order valence-electron chi connectivity index (χ3n) is 2.90. The van der Waals surface area contributed by atoms with Gasteiger partial charge in [-0.05, 0) is 37.2 Å². The van der Waals surface area contributed by atoms with Crippen LogP contribution in [-0.2, 0) is 4.79 Å². The van der Waals surface area contributed by atoms with Gasteiger partial charge in [0.05, 0.1) is 5.54 Å². The van der Waals surface area contributed by atoms with Crippen molar-refractivity contribution in [1.82, 2.24) is 0 Å². The van der Waals surface area contributed by atoms with Crippen LogP contribution in [0.2, 0.25) is 0 Å². The molecule has 0 aromatic heterocycles. The summed E-state index contributed by atoms with van der Waals surface area (Å²) in [5.74, 6) is 2.78. The number of thioether (sulfide) groups is 1. The van der Waals surface area contributed by atoms with Crippen LogP contribution in [0.4, 0.5) is 0 Å². The average Bonchev–Trinajstić information content (AvgIpc) is 2.22. The van der Waals surface area contributed by atoms with Crippen LogP contribution in [0.5, 0.6) is 0 Å². The molecule has 0 rings (SSSR count). The van der Waals surface area contributed by atoms with Gasteiger partial charge in [0, 0.05) is 0 Å². The van der Waals surface area contributed by atoms with Crippen LogP contribution in [0.1, 0.15) is 46.5 Å². The molecule has 0 aliphatic rings. The van der Waals surface area contributed by atoms with Crippen LogP contribution in [0, 0.1) is 5.92 Å². The van der Waals surface area contributed by atoms with Gasteiger partial charge in [0.1, 0.15) is 0 Å². The van der Waals surface area contributed by atoms with Gasteiger partial charge >= 0.3 is 0 Å². The van der Waals surface area contributed by atoms with Gasteiger partial charge in [-0.2, -0.15) is 11.8 Å². The largest absolute Gasteiger partial charge is 0.368 e. The fraction of sp³-hybridized carbons (Fsp3) is 0.917. The molecule has 0 heterocycles. The second-order valence-corrected chi connectivity index (χ2v) is 5.98. The zero-order valence-electron chi connectivity index (χ0n) is 10.8. The van der Waals surface area contributed by atoms with E-state index < -0.39 is 11.4 Å². The van der Waals surface area contributed by atoms with Crippen LogP contribution in [0.25, 0.3) is 0 Å². The normalized spacial score (nSPS) is 16.8. The number of hydrogen-bond donors (Lipinski definition) is 2. The minimum Gasteiger partial charge on any atom is -0.368 e. The lowest BCUT2D eigenvalue weighted by molar-refractivity contribution is -0.122. The molecule has 1 amide bonds. The first-order chi connectivity index (χ1) is 7.40. The van der Waals surface area contributed by atoms with E-state index in [1.807, 2.05) is 11.8 Å². The number of rotatable bonds is 9. The highest BCUT2D eigenvalue weighted by molar-refractivity contribution is 7.99. The first-order valence-electron chi connectivity index (χ1n) is 6.06. The first-order valence-corrected chi connectivity index (χ1v) is 7.22. The minimum atomic E-state index is -0.832. The van der Waals surface area contributed by atoms with Crippen LogP contribution >= 0.6 is 11.8 Å². The van der Waals surface area contributed by atoms with Crippen molar-refractivity contribution in [3.63, 3.8) is 0 Å². The van der Waals surface area contributed by atoms with E-state index >= 15 is 0 Å². The van der Waals surface area contributed by atoms with Crippen molar-refractivity contribution in [2.75, 3.05) is 11.5 Å². The molecule has 0 aromatic rings. The quantitative estimate of drug-likeness (QED) is 0.612. The van der Waals surface area contributed by atoms with E-state index in [0.29, 0.717) is 6.42 Å². The number of primary amides is 1. The monoisotopic (exact) mass is 246 g/mol. The maximum atomic E-state index is 11.0. The SMILES string of the molecule is CCC(C)CSCCCCC(C)(N)C(N)=O. The molecule has 0 aliphatic carbocycles. The molecule has 3 nitrogen and oxygen atoms in total. The molecule has 16 heavy (non-hydrogen) atoms. The van der Waals surface area contributed by atoms with E-state index in [0.717, 1.165) is 24.5 Å². The van der Waals surface area contributed by atoms with E-state index in [1.54, 1.807) is 6.92 Å². The summed E-state index contributed by atoms with van der Waals surface area (Å²) in [5.41, 5.74) is 10.1. The molecule has 0 spiro atoms. The van der Waals surface area contributed by atoms with Crippen LogP contribution in [-0.4, -0.2) is 23.0 Å². The van der Waals surface area contributed by atoms with Gasteiger partial charge in [-0.1, -0.05) is 26.7 Å². The molecule has 2 unspecified atom stereocenters. The zero-order chi connectivity index (χ0) is 12.6. The summed E-state index contributed by atoms with van der Waals surface area (Å²) in [6, 6.07) is 0. The first kappa shape index (κ1) is 15.8. The Morgan fingerprint density at radius 2 is 2.06 bits per heavy atom. The Kier molecular flexibility index (Phi) is 7.85. The van der Waals surface area contributed by atoms with Crippen molar-refractivity contribution in [2.45, 2.75) is 52.0 Å². The second-order valence-electron chi connectivity index (χ2n) is 4.83. The summed E-state index contributed by atoms with van der Waals surface area (Å²) in [4.78, 5) is 11.0. The van der Waals surface area contributed by atoms with E-state index in [-0.39, 0.29) is 0 Å². The van der Waals surface area contributed by atoms with Gasteiger partial charge in [0.25, 0.3) is 0 Å². The van der Waals surface area contributed by atoms with Crippen molar-refractivity contribution in [2.24, 2.45) is 17.4 Å². The van der Waals surface area contributed by atoms with Gasteiger partial charge in [0.15, 0.2) is 0 Å². The third-order valence-corrected chi connectivity index (χ3v) is 4.28. The number of amides is 1. The Bertz CT molecular complexity index is 207. The van der Waals surface area contributed by atoms with Gasteiger partial charge in [-0.25, -0.2) is 0 Å². The van der Waals surface area contributed by atoms with Crippen molar-refractivity contribution in [3.05, 3.63) is 0 Å². The third kappa shape index (κ3) is 7.12. The maximum Gasteiger partial charge on any atom is 0.237 e. The van der Waals surface area contributed by atoms with Gasteiger partial charge in [-0.15, -0.1) is 0 Å². The number of unbranched alkanes of at least 4 members (excludes halogenated alkanes) is 1. The van der Waals surface area contributed by atoms with Crippen molar-refractivity contribution in [3.8, 4) is 0 Å². The molecule has 96 valence electrons. The summed E-state index contributed by atoms with van der Waals surface area (Å²) < 4.78 is 0. The van der Waals surface area contributed by atoms with Crippen LogP contribution in [0.3, 0.4) is 0 Å². The number of nitrogens with two attached hydrogens (primary N) is 2. The smallest absolute Gasteiger partial charge is 0.237 e. The Labute approximate surface area is 104 Å². The van der Waals surface area contributed by atoms with Gasteiger partial charge < -0.3 is 11.5 Å². The van der Waals surface area contributed by atoms with Crippen molar-refractivity contribution in [1.29, 1.82) is 0 Å². The molecular formula is C12H26N2OS. The summed E-state index contributed by atoms with van der Waals surface area (Å²) in [6.45, 7) is 6.20. The van der Waals surface area contributed by atoms with Crippen LogP contribution in [0.15, 0.2) is 0 Å². The standard InChI is InChI=1S/C12H26N2OS/c1-4-10(2)9-16-8-6-5-7-12(3,14)11(13)15/h10H,4-9,14H2,1-3H3,(H2,13,15). The predicted octanol–water partition coefficient (Wildman–Crippen LogP) is 2.14. The highest BCUT2D eigenvalue weighted by atomic mass is 32.2. The molecule has 4 heteroatoms. The predicted molar refractivity (Wildman–Crippen MR) is 72.4 cm³/mol. The van der Waals surface area contributed by atoms with E-state index in [1.165, 1.54) is 12.2 Å². The topological polar surface area (TPSA) is 69.1 Å². The Morgan fingerprint density at radius 3 is 2.56 bits per heavy atom. The van der Waals surface area contributed by atoms with Crippen molar-refractivity contribution < 1.29 is 4.79 Å². The molecular weight excluding hydrogens is 220 g/mol. The zero-order valence-corrected chi connectivity index (χ0v) is 11.6. The Hall–Kier alpha value is -0.220. The molecule has 0 radical (unpaired) electrons. The fourth-order valence-corrected chi connectivity index (χ4v) is 2.43. The molecule has 2 atom stereocenters. The number of hydrogen-bond acceptors (Lipinski definition) is 3. The number of carbonyl (C=O) groups is 1. The molecule has 0 fully saturated rings. The second kappa shape index (κ2) is 7.96. The van der Waals surface area contributed by atoms with E-state index in [4.69, 9.17) is 11.5 Å². The summed E-state index contributed by atoms with van der Waals surface area (Å²) >= 11 is 1.99. The fourth-order valence-electron chi connectivity index (χ4n) is 1.22. The number of carbonyl (C=O) groups excluding carboxylic acids is 1. The average molecular weight is 246 g/mol. The lowest BCUT2D eigenvalue weighted by Gasteiger charge is -2.19. The maximum absolute atomic E-state index is 11.0. The Morgan fingerprint density at radius 1 is 1.44 bits per heavy atom. The summed E-state index contributed by atoms with van der Waals surface area (Å²) in [6.07, 6.45) is 4.02. The molecule has 0 aromatic carbocycles. The highest BCUT2D eigenvalue weighted by Gasteiger charge is 2.24. The molecule has 0 bridgehead atoms. The van der Waals surface area contributed by atoms with Gasteiger partial charge in [-0.3, -0.25) is 4.79 Å².